The lowest BCUT2D eigenvalue weighted by molar-refractivity contribution is -0.140. The quantitative estimate of drug-likeness (QED) is 0.591. The second kappa shape index (κ2) is 6.96. The molecule has 0 fully saturated rings. The van der Waals surface area contributed by atoms with Gasteiger partial charge in [-0.3, -0.25) is 9.20 Å². The van der Waals surface area contributed by atoms with Gasteiger partial charge in [0.15, 0.2) is 14.8 Å². The van der Waals surface area contributed by atoms with Gasteiger partial charge in [-0.2, -0.15) is 13.2 Å². The highest BCUT2D eigenvalue weighted by Crippen LogP contribution is 2.33. The van der Waals surface area contributed by atoms with Crippen LogP contribution in [0.25, 0.3) is 4.96 Å². The predicted octanol–water partition coefficient (Wildman–Crippen LogP) is 3.36. The van der Waals surface area contributed by atoms with E-state index < -0.39 is 33.0 Å². The fourth-order valence-electron chi connectivity index (χ4n) is 2.81. The topological polar surface area (TPSA) is 68.5 Å². The highest BCUT2D eigenvalue weighted by Gasteiger charge is 2.34. The van der Waals surface area contributed by atoms with E-state index in [-0.39, 0.29) is 34.1 Å². The maximum atomic E-state index is 14.2. The Hall–Kier alpha value is -2.27. The SMILES string of the molecule is Cc1sc2nc(Cc3cccc(C(F)(F)F)c3F)cc(=O)n2c1CS(C)(=O)=O. The van der Waals surface area contributed by atoms with E-state index in [4.69, 9.17) is 0 Å². The molecule has 11 heteroatoms. The van der Waals surface area contributed by atoms with Crippen molar-refractivity contribution >= 4 is 26.1 Å². The number of halogens is 4. The molecule has 0 spiro atoms. The van der Waals surface area contributed by atoms with Gasteiger partial charge in [0, 0.05) is 23.6 Å². The first kappa shape index (κ1) is 20.5. The molecule has 150 valence electrons. The second-order valence-corrected chi connectivity index (χ2v) is 9.65. The zero-order valence-corrected chi connectivity index (χ0v) is 16.3. The zero-order chi connectivity index (χ0) is 20.9. The molecule has 3 rings (SSSR count). The first-order chi connectivity index (χ1) is 12.9. The Labute approximate surface area is 161 Å². The molecule has 0 aliphatic carbocycles. The molecule has 0 amide bonds. The smallest absolute Gasteiger partial charge is 0.269 e. The summed E-state index contributed by atoms with van der Waals surface area (Å²) in [7, 11) is -3.40. The molecule has 2 aromatic heterocycles. The highest BCUT2D eigenvalue weighted by molar-refractivity contribution is 7.89. The van der Waals surface area contributed by atoms with Crippen LogP contribution in [0.5, 0.6) is 0 Å². The van der Waals surface area contributed by atoms with Crippen LogP contribution in [0.3, 0.4) is 0 Å². The van der Waals surface area contributed by atoms with E-state index in [0.717, 1.165) is 34.1 Å². The molecule has 28 heavy (non-hydrogen) atoms. The van der Waals surface area contributed by atoms with Crippen molar-refractivity contribution in [1.29, 1.82) is 0 Å². The summed E-state index contributed by atoms with van der Waals surface area (Å²) in [5.74, 6) is -1.75. The van der Waals surface area contributed by atoms with E-state index >= 15 is 0 Å². The minimum atomic E-state index is -4.83. The molecular weight excluding hydrogens is 420 g/mol. The Bertz CT molecular complexity index is 1230. The van der Waals surface area contributed by atoms with Crippen molar-refractivity contribution in [2.45, 2.75) is 25.3 Å². The molecule has 1 aromatic carbocycles. The van der Waals surface area contributed by atoms with Gasteiger partial charge in [0.25, 0.3) is 5.56 Å². The molecule has 0 radical (unpaired) electrons. The van der Waals surface area contributed by atoms with Crippen LogP contribution in [0.4, 0.5) is 17.6 Å². The van der Waals surface area contributed by atoms with Crippen LogP contribution in [-0.4, -0.2) is 24.1 Å². The molecule has 0 bridgehead atoms. The third kappa shape index (κ3) is 4.09. The number of rotatable bonds is 4. The summed E-state index contributed by atoms with van der Waals surface area (Å²) in [5.41, 5.74) is -1.82. The number of sulfone groups is 1. The average molecular weight is 434 g/mol. The van der Waals surface area contributed by atoms with Crippen molar-refractivity contribution in [2.24, 2.45) is 0 Å². The molecular formula is C17H14F4N2O3S2. The van der Waals surface area contributed by atoms with Gasteiger partial charge < -0.3 is 0 Å². The van der Waals surface area contributed by atoms with Crippen LogP contribution in [0.1, 0.15) is 27.4 Å². The minimum Gasteiger partial charge on any atom is -0.269 e. The summed E-state index contributed by atoms with van der Waals surface area (Å²) in [6.45, 7) is 1.64. The minimum absolute atomic E-state index is 0.0929. The van der Waals surface area contributed by atoms with Gasteiger partial charge in [0.05, 0.1) is 22.7 Å². The van der Waals surface area contributed by atoms with Gasteiger partial charge >= 0.3 is 6.18 Å². The van der Waals surface area contributed by atoms with Crippen LogP contribution in [0.15, 0.2) is 29.1 Å². The van der Waals surface area contributed by atoms with Crippen LogP contribution < -0.4 is 5.56 Å². The van der Waals surface area contributed by atoms with Crippen molar-refractivity contribution in [3.63, 3.8) is 0 Å². The predicted molar refractivity (Wildman–Crippen MR) is 96.8 cm³/mol. The van der Waals surface area contributed by atoms with Crippen LogP contribution in [0.2, 0.25) is 0 Å². The van der Waals surface area contributed by atoms with Gasteiger partial charge in [-0.1, -0.05) is 12.1 Å². The van der Waals surface area contributed by atoms with E-state index in [1.807, 2.05) is 0 Å². The Morgan fingerprint density at radius 1 is 1.25 bits per heavy atom. The summed E-state index contributed by atoms with van der Waals surface area (Å²) in [6, 6.07) is 4.00. The van der Waals surface area contributed by atoms with E-state index in [9.17, 15) is 30.8 Å². The number of aryl methyl sites for hydroxylation is 1. The van der Waals surface area contributed by atoms with Gasteiger partial charge in [0.1, 0.15) is 5.82 Å². The number of benzene rings is 1. The van der Waals surface area contributed by atoms with Crippen LogP contribution in [-0.2, 0) is 28.2 Å². The lowest BCUT2D eigenvalue weighted by Crippen LogP contribution is -2.18. The Balaban J connectivity index is 2.07. The van der Waals surface area contributed by atoms with Crippen molar-refractivity contribution in [1.82, 2.24) is 9.38 Å². The normalized spacial score (nSPS) is 12.6. The molecule has 0 aliphatic rings. The van der Waals surface area contributed by atoms with Gasteiger partial charge in [-0.05, 0) is 18.6 Å². The third-order valence-corrected chi connectivity index (χ3v) is 5.81. The Morgan fingerprint density at radius 2 is 1.93 bits per heavy atom. The van der Waals surface area contributed by atoms with Gasteiger partial charge in [-0.25, -0.2) is 17.8 Å². The average Bonchev–Trinajstić information content (AvgIpc) is 2.82. The highest BCUT2D eigenvalue weighted by atomic mass is 32.2. The number of hydrogen-bond donors (Lipinski definition) is 0. The van der Waals surface area contributed by atoms with E-state index in [0.29, 0.717) is 10.9 Å². The van der Waals surface area contributed by atoms with Crippen LogP contribution in [0, 0.1) is 12.7 Å². The van der Waals surface area contributed by atoms with E-state index in [1.54, 1.807) is 6.92 Å². The summed E-state index contributed by atoms with van der Waals surface area (Å²) in [5, 5.41) is 0. The molecule has 0 N–H and O–H groups in total. The molecule has 2 heterocycles. The monoisotopic (exact) mass is 434 g/mol. The Kier molecular flexibility index (Phi) is 5.09. The summed E-state index contributed by atoms with van der Waals surface area (Å²) >= 11 is 1.08. The molecule has 0 saturated heterocycles. The van der Waals surface area contributed by atoms with Crippen molar-refractivity contribution in [2.75, 3.05) is 6.26 Å². The van der Waals surface area contributed by atoms with Crippen molar-refractivity contribution < 1.29 is 26.0 Å². The van der Waals surface area contributed by atoms with Crippen molar-refractivity contribution in [3.8, 4) is 0 Å². The first-order valence-corrected chi connectivity index (χ1v) is 10.8. The number of aromatic nitrogens is 2. The standard InChI is InChI=1S/C17H14F4N2O3S2/c1-9-13(8-28(2,25)26)23-14(24)7-11(22-16(23)27-9)6-10-4-3-5-12(15(10)18)17(19,20)21/h3-5,7H,6,8H2,1-2H3. The number of nitrogens with zero attached hydrogens (tertiary/aromatic N) is 2. The van der Waals surface area contributed by atoms with Crippen molar-refractivity contribution in [3.05, 3.63) is 67.8 Å². The fourth-order valence-corrected chi connectivity index (χ4v) is 4.76. The van der Waals surface area contributed by atoms with Gasteiger partial charge in [0.2, 0.25) is 0 Å². The summed E-state index contributed by atoms with van der Waals surface area (Å²) in [6.07, 6.45) is -4.10. The first-order valence-electron chi connectivity index (χ1n) is 7.90. The fraction of sp³-hybridized carbons (Fsp3) is 0.294. The molecule has 0 unspecified atom stereocenters. The maximum absolute atomic E-state index is 14.2. The largest absolute Gasteiger partial charge is 0.419 e. The number of fused-ring (bicyclic) bond motifs is 1. The zero-order valence-electron chi connectivity index (χ0n) is 14.7. The summed E-state index contributed by atoms with van der Waals surface area (Å²) < 4.78 is 77.2. The van der Waals surface area contributed by atoms with E-state index in [2.05, 4.69) is 4.98 Å². The molecule has 5 nitrogen and oxygen atoms in total. The molecule has 0 saturated carbocycles. The third-order valence-electron chi connectivity index (χ3n) is 4.02. The lowest BCUT2D eigenvalue weighted by Gasteiger charge is -2.11. The molecule has 0 atom stereocenters. The number of alkyl halides is 3. The molecule has 0 aliphatic heterocycles. The second-order valence-electron chi connectivity index (χ2n) is 6.33. The van der Waals surface area contributed by atoms with E-state index in [1.165, 1.54) is 6.07 Å². The number of hydrogen-bond acceptors (Lipinski definition) is 5. The molecule has 3 aromatic rings. The summed E-state index contributed by atoms with van der Waals surface area (Å²) in [4.78, 5) is 17.5. The van der Waals surface area contributed by atoms with Crippen LogP contribution >= 0.6 is 11.3 Å². The number of thiazole rings is 1. The Morgan fingerprint density at radius 3 is 2.54 bits per heavy atom. The maximum Gasteiger partial charge on any atom is 0.419 e. The van der Waals surface area contributed by atoms with Gasteiger partial charge in [-0.15, -0.1) is 11.3 Å². The lowest BCUT2D eigenvalue weighted by atomic mass is 10.0.